The number of aryl methyl sites for hydroxylation is 2. The molecule has 33 heavy (non-hydrogen) atoms. The Morgan fingerprint density at radius 3 is 1.94 bits per heavy atom. The van der Waals surface area contributed by atoms with E-state index in [1.807, 2.05) is 38.1 Å². The number of hydrogen-bond acceptors (Lipinski definition) is 4. The van der Waals surface area contributed by atoms with Gasteiger partial charge >= 0.3 is 0 Å². The van der Waals surface area contributed by atoms with E-state index in [1.54, 1.807) is 12.5 Å². The van der Waals surface area contributed by atoms with Crippen molar-refractivity contribution in [1.29, 1.82) is 10.5 Å². The van der Waals surface area contributed by atoms with Gasteiger partial charge in [-0.25, -0.2) is 0 Å². The van der Waals surface area contributed by atoms with Crippen LogP contribution in [-0.4, -0.2) is 0 Å². The smallest absolute Gasteiger partial charge is 0.292 e. The maximum Gasteiger partial charge on any atom is 0.292 e. The van der Waals surface area contributed by atoms with Crippen molar-refractivity contribution in [1.82, 2.24) is 0 Å². The lowest BCUT2D eigenvalue weighted by Gasteiger charge is -2.17. The zero-order valence-electron chi connectivity index (χ0n) is 18.3. The van der Waals surface area contributed by atoms with Gasteiger partial charge in [-0.3, -0.25) is 0 Å². The summed E-state index contributed by atoms with van der Waals surface area (Å²) < 4.78 is 10.2. The molecule has 0 bridgehead atoms. The molecule has 1 aliphatic rings. The van der Waals surface area contributed by atoms with E-state index in [4.69, 9.17) is 20.0 Å². The first kappa shape index (κ1) is 20.4. The van der Waals surface area contributed by atoms with Crippen molar-refractivity contribution in [2.75, 3.05) is 0 Å². The normalized spacial score (nSPS) is 11.2. The van der Waals surface area contributed by atoms with Gasteiger partial charge < -0.3 is 9.47 Å². The minimum absolute atomic E-state index is 0.560. The van der Waals surface area contributed by atoms with Crippen LogP contribution in [-0.2, 0) is 6.42 Å². The zero-order chi connectivity index (χ0) is 22.9. The van der Waals surface area contributed by atoms with Gasteiger partial charge in [0, 0.05) is 0 Å². The van der Waals surface area contributed by atoms with E-state index in [-0.39, 0.29) is 0 Å². The highest BCUT2D eigenvalue weighted by Crippen LogP contribution is 2.46. The molecule has 0 aliphatic heterocycles. The molecule has 4 heteroatoms. The monoisotopic (exact) mass is 428 g/mol. The van der Waals surface area contributed by atoms with Gasteiger partial charge in [0.15, 0.2) is 0 Å². The summed E-state index contributed by atoms with van der Waals surface area (Å²) in [6.07, 6.45) is 4.37. The molecule has 0 unspecified atom stereocenters. The van der Waals surface area contributed by atoms with Gasteiger partial charge in [-0.05, 0) is 100 Å². The number of nitriles is 2. The number of ether oxygens (including phenoxy) is 2. The average Bonchev–Trinajstić information content (AvgIpc) is 3.20. The molecular formula is C29H20N2O2. The van der Waals surface area contributed by atoms with Gasteiger partial charge in [-0.15, -0.1) is 10.5 Å². The lowest BCUT2D eigenvalue weighted by atomic mass is 9.87. The Morgan fingerprint density at radius 2 is 1.27 bits per heavy atom. The van der Waals surface area contributed by atoms with Gasteiger partial charge in [0.05, 0.1) is 0 Å². The first-order valence-electron chi connectivity index (χ1n) is 10.7. The largest absolute Gasteiger partial charge is 0.388 e. The van der Waals surface area contributed by atoms with Crippen molar-refractivity contribution in [2.45, 2.75) is 20.3 Å². The van der Waals surface area contributed by atoms with Crippen LogP contribution in [0.4, 0.5) is 0 Å². The molecule has 0 fully saturated rings. The van der Waals surface area contributed by atoms with Gasteiger partial charge in [-0.1, -0.05) is 48.5 Å². The van der Waals surface area contributed by atoms with E-state index in [0.717, 1.165) is 34.2 Å². The van der Waals surface area contributed by atoms with E-state index in [2.05, 4.69) is 48.5 Å². The van der Waals surface area contributed by atoms with Gasteiger partial charge in [0.2, 0.25) is 0 Å². The minimum Gasteiger partial charge on any atom is -0.388 e. The second-order valence-corrected chi connectivity index (χ2v) is 8.20. The standard InChI is InChI=1S/C29H20N2O2/c1-18-13-21(7-11-27(18)32-16-30)24-9-10-25-23-6-4-3-5-20(23)15-26(25)29(24)22-8-12-28(33-17-31)19(2)14-22/h3-14H,15H2,1-2H3. The van der Waals surface area contributed by atoms with E-state index in [1.165, 1.54) is 27.8 Å². The topological polar surface area (TPSA) is 66.0 Å². The third-order valence-corrected chi connectivity index (χ3v) is 6.25. The van der Waals surface area contributed by atoms with Crippen LogP contribution < -0.4 is 9.47 Å². The molecule has 0 radical (unpaired) electrons. The summed E-state index contributed by atoms with van der Waals surface area (Å²) in [7, 11) is 0. The zero-order valence-corrected chi connectivity index (χ0v) is 18.3. The van der Waals surface area contributed by atoms with Crippen LogP contribution in [0.3, 0.4) is 0 Å². The van der Waals surface area contributed by atoms with Gasteiger partial charge in [0.25, 0.3) is 12.5 Å². The maximum atomic E-state index is 8.93. The van der Waals surface area contributed by atoms with Crippen LogP contribution >= 0.6 is 0 Å². The first-order valence-corrected chi connectivity index (χ1v) is 10.7. The van der Waals surface area contributed by atoms with Crippen molar-refractivity contribution in [2.24, 2.45) is 0 Å². The van der Waals surface area contributed by atoms with Crippen LogP contribution in [0, 0.1) is 36.9 Å². The van der Waals surface area contributed by atoms with Crippen LogP contribution in [0.25, 0.3) is 33.4 Å². The van der Waals surface area contributed by atoms with E-state index >= 15 is 0 Å². The predicted octanol–water partition coefficient (Wildman–Crippen LogP) is 6.93. The fraction of sp³-hybridized carbons (Fsp3) is 0.103. The molecule has 0 atom stereocenters. The van der Waals surface area contributed by atoms with Crippen molar-refractivity contribution in [3.8, 4) is 57.4 Å². The van der Waals surface area contributed by atoms with Gasteiger partial charge in [-0.2, -0.15) is 0 Å². The molecule has 0 heterocycles. The second-order valence-electron chi connectivity index (χ2n) is 8.20. The fourth-order valence-electron chi connectivity index (χ4n) is 4.73. The SMILES string of the molecule is Cc1cc(-c2ccc3c(c2-c2ccc(OC#N)c(C)c2)Cc2ccccc2-3)ccc1OC#N. The molecule has 4 aromatic carbocycles. The number of fused-ring (bicyclic) bond motifs is 3. The summed E-state index contributed by atoms with van der Waals surface area (Å²) >= 11 is 0. The molecule has 0 saturated carbocycles. The molecule has 0 saturated heterocycles. The fourth-order valence-corrected chi connectivity index (χ4v) is 4.73. The van der Waals surface area contributed by atoms with E-state index < -0.39 is 0 Å². The summed E-state index contributed by atoms with van der Waals surface area (Å²) in [5.74, 6) is 1.12. The quantitative estimate of drug-likeness (QED) is 0.291. The number of benzene rings is 4. The molecule has 1 aliphatic carbocycles. The molecule has 0 aromatic heterocycles. The van der Waals surface area contributed by atoms with Crippen molar-refractivity contribution < 1.29 is 9.47 Å². The van der Waals surface area contributed by atoms with E-state index in [9.17, 15) is 0 Å². The van der Waals surface area contributed by atoms with E-state index in [0.29, 0.717) is 11.5 Å². The summed E-state index contributed by atoms with van der Waals surface area (Å²) in [4.78, 5) is 0. The molecule has 5 rings (SSSR count). The summed E-state index contributed by atoms with van der Waals surface area (Å²) in [5, 5.41) is 17.8. The molecule has 4 nitrogen and oxygen atoms in total. The van der Waals surface area contributed by atoms with Crippen molar-refractivity contribution in [3.63, 3.8) is 0 Å². The highest BCUT2D eigenvalue weighted by Gasteiger charge is 2.24. The Bertz CT molecular complexity index is 1490. The van der Waals surface area contributed by atoms with Crippen LogP contribution in [0.15, 0.2) is 72.8 Å². The second kappa shape index (κ2) is 8.19. The molecule has 0 amide bonds. The molecule has 158 valence electrons. The Balaban J connectivity index is 1.74. The number of rotatable bonds is 4. The Labute approximate surface area is 192 Å². The minimum atomic E-state index is 0.560. The first-order chi connectivity index (χ1) is 16.1. The highest BCUT2D eigenvalue weighted by atomic mass is 16.5. The molecule has 4 aromatic rings. The summed E-state index contributed by atoms with van der Waals surface area (Å²) in [5.41, 5.74) is 11.4. The summed E-state index contributed by atoms with van der Waals surface area (Å²) in [6, 6.07) is 24.7. The van der Waals surface area contributed by atoms with Crippen LogP contribution in [0.5, 0.6) is 11.5 Å². The maximum absolute atomic E-state index is 8.93. The number of nitrogens with zero attached hydrogens (tertiary/aromatic N) is 2. The molecular weight excluding hydrogens is 408 g/mol. The number of hydrogen-bond donors (Lipinski definition) is 0. The van der Waals surface area contributed by atoms with Crippen LogP contribution in [0.1, 0.15) is 22.3 Å². The highest BCUT2D eigenvalue weighted by molar-refractivity contribution is 5.94. The lowest BCUT2D eigenvalue weighted by Crippen LogP contribution is -1.95. The molecule has 0 N–H and O–H groups in total. The third kappa shape index (κ3) is 3.49. The van der Waals surface area contributed by atoms with Crippen molar-refractivity contribution in [3.05, 3.63) is 95.1 Å². The van der Waals surface area contributed by atoms with Crippen molar-refractivity contribution >= 4 is 0 Å². The Kier molecular flexibility index (Phi) is 5.05. The molecule has 0 spiro atoms. The Hall–Kier alpha value is -4.54. The predicted molar refractivity (Wildman–Crippen MR) is 128 cm³/mol. The summed E-state index contributed by atoms with van der Waals surface area (Å²) in [6.45, 7) is 3.89. The Morgan fingerprint density at radius 1 is 0.667 bits per heavy atom. The average molecular weight is 428 g/mol. The van der Waals surface area contributed by atoms with Crippen LogP contribution in [0.2, 0.25) is 0 Å². The van der Waals surface area contributed by atoms with Gasteiger partial charge in [0.1, 0.15) is 11.5 Å². The lowest BCUT2D eigenvalue weighted by molar-refractivity contribution is 0.503. The third-order valence-electron chi connectivity index (χ3n) is 6.25.